The summed E-state index contributed by atoms with van der Waals surface area (Å²) in [5, 5.41) is 14.7. The van der Waals surface area contributed by atoms with Gasteiger partial charge in [-0.05, 0) is 51.8 Å². The molecule has 1 unspecified atom stereocenters. The van der Waals surface area contributed by atoms with Crippen LogP contribution >= 0.6 is 0 Å². The minimum atomic E-state index is -0.213. The maximum Gasteiger partial charge on any atom is 0.241 e. The molecule has 1 aromatic carbocycles. The van der Waals surface area contributed by atoms with E-state index in [9.17, 15) is 4.79 Å². The maximum atomic E-state index is 11.9. The predicted octanol–water partition coefficient (Wildman–Crippen LogP) is 2.07. The van der Waals surface area contributed by atoms with Gasteiger partial charge in [0.05, 0.1) is 6.04 Å². The van der Waals surface area contributed by atoms with Crippen molar-refractivity contribution in [1.82, 2.24) is 5.32 Å². The van der Waals surface area contributed by atoms with E-state index >= 15 is 0 Å². The van der Waals surface area contributed by atoms with Crippen LogP contribution in [-0.4, -0.2) is 30.2 Å². The highest BCUT2D eigenvalue weighted by Crippen LogP contribution is 2.08. The Labute approximate surface area is 115 Å². The van der Waals surface area contributed by atoms with Crippen molar-refractivity contribution in [1.29, 1.82) is 0 Å². The second-order valence-electron chi connectivity index (χ2n) is 4.82. The topological polar surface area (TPSA) is 61.4 Å². The van der Waals surface area contributed by atoms with Crippen molar-refractivity contribution >= 4 is 11.6 Å². The van der Waals surface area contributed by atoms with Crippen molar-refractivity contribution in [2.45, 2.75) is 39.2 Å². The second-order valence-corrected chi connectivity index (χ2v) is 4.82. The first-order valence-electron chi connectivity index (χ1n) is 6.85. The highest BCUT2D eigenvalue weighted by molar-refractivity contribution is 5.94. The molecule has 4 nitrogen and oxygen atoms in total. The predicted molar refractivity (Wildman–Crippen MR) is 78.2 cm³/mol. The van der Waals surface area contributed by atoms with Gasteiger partial charge in [0, 0.05) is 12.3 Å². The minimum Gasteiger partial charge on any atom is -0.396 e. The van der Waals surface area contributed by atoms with Crippen LogP contribution in [0.25, 0.3) is 0 Å². The summed E-state index contributed by atoms with van der Waals surface area (Å²) in [5.41, 5.74) is 2.00. The Kier molecular flexibility index (Phi) is 7.15. The summed E-state index contributed by atoms with van der Waals surface area (Å²) in [7, 11) is 0. The third kappa shape index (κ3) is 6.36. The number of nitrogens with one attached hydrogen (secondary N) is 2. The van der Waals surface area contributed by atoms with Crippen LogP contribution in [0.2, 0.25) is 0 Å². The van der Waals surface area contributed by atoms with Crippen LogP contribution in [0.1, 0.15) is 31.7 Å². The van der Waals surface area contributed by atoms with Gasteiger partial charge < -0.3 is 15.7 Å². The van der Waals surface area contributed by atoms with Crippen molar-refractivity contribution in [2.75, 3.05) is 18.5 Å². The minimum absolute atomic E-state index is 0.0222. The number of aryl methyl sites for hydroxylation is 1. The number of carbonyl (C=O) groups is 1. The van der Waals surface area contributed by atoms with Crippen LogP contribution < -0.4 is 10.6 Å². The lowest BCUT2D eigenvalue weighted by Crippen LogP contribution is -2.38. The Morgan fingerprint density at radius 2 is 1.89 bits per heavy atom. The molecule has 1 atom stereocenters. The first-order valence-corrected chi connectivity index (χ1v) is 6.85. The molecule has 0 aliphatic heterocycles. The van der Waals surface area contributed by atoms with Crippen LogP contribution in [0.4, 0.5) is 5.69 Å². The van der Waals surface area contributed by atoms with Crippen LogP contribution in [0.5, 0.6) is 0 Å². The maximum absolute atomic E-state index is 11.9. The molecule has 0 aliphatic carbocycles. The number of anilines is 1. The highest BCUT2D eigenvalue weighted by Gasteiger charge is 2.11. The molecule has 0 aromatic heterocycles. The molecule has 4 heteroatoms. The summed E-state index contributed by atoms with van der Waals surface area (Å²) in [6.45, 7) is 4.91. The third-order valence-electron chi connectivity index (χ3n) is 3.00. The average Bonchev–Trinajstić information content (AvgIpc) is 2.41. The zero-order chi connectivity index (χ0) is 14.1. The Hall–Kier alpha value is -1.39. The molecule has 1 amide bonds. The van der Waals surface area contributed by atoms with Crippen molar-refractivity contribution in [3.63, 3.8) is 0 Å². The summed E-state index contributed by atoms with van der Waals surface area (Å²) in [6, 6.07) is 7.54. The molecule has 3 N–H and O–H groups in total. The van der Waals surface area contributed by atoms with E-state index in [4.69, 9.17) is 5.11 Å². The molecule has 19 heavy (non-hydrogen) atoms. The van der Waals surface area contributed by atoms with Crippen molar-refractivity contribution in [3.05, 3.63) is 29.8 Å². The van der Waals surface area contributed by atoms with E-state index in [1.807, 2.05) is 38.1 Å². The van der Waals surface area contributed by atoms with E-state index in [1.165, 1.54) is 5.56 Å². The van der Waals surface area contributed by atoms with E-state index in [2.05, 4.69) is 10.6 Å². The lowest BCUT2D eigenvalue weighted by molar-refractivity contribution is -0.117. The van der Waals surface area contributed by atoms with E-state index in [0.717, 1.165) is 31.5 Å². The molecule has 1 aromatic rings. The quantitative estimate of drug-likeness (QED) is 0.630. The largest absolute Gasteiger partial charge is 0.396 e. The summed E-state index contributed by atoms with van der Waals surface area (Å²) >= 11 is 0. The van der Waals surface area contributed by atoms with Gasteiger partial charge in [0.2, 0.25) is 5.91 Å². The van der Waals surface area contributed by atoms with Gasteiger partial charge in [-0.1, -0.05) is 17.7 Å². The van der Waals surface area contributed by atoms with Crippen LogP contribution in [0, 0.1) is 6.92 Å². The van der Waals surface area contributed by atoms with Crippen molar-refractivity contribution < 1.29 is 9.90 Å². The summed E-state index contributed by atoms with van der Waals surface area (Å²) in [5.74, 6) is -0.0222. The fourth-order valence-electron chi connectivity index (χ4n) is 1.71. The summed E-state index contributed by atoms with van der Waals surface area (Å²) in [6.07, 6.45) is 2.78. The van der Waals surface area contributed by atoms with Gasteiger partial charge in [0.1, 0.15) is 0 Å². The van der Waals surface area contributed by atoms with E-state index < -0.39 is 0 Å². The Bertz CT molecular complexity index is 376. The molecule has 0 saturated carbocycles. The molecule has 0 aliphatic rings. The van der Waals surface area contributed by atoms with Gasteiger partial charge >= 0.3 is 0 Å². The highest BCUT2D eigenvalue weighted by atomic mass is 16.2. The summed E-state index contributed by atoms with van der Waals surface area (Å²) < 4.78 is 0. The Morgan fingerprint density at radius 1 is 1.21 bits per heavy atom. The van der Waals surface area contributed by atoms with E-state index in [1.54, 1.807) is 0 Å². The number of amides is 1. The molecule has 0 bridgehead atoms. The summed E-state index contributed by atoms with van der Waals surface area (Å²) in [4.78, 5) is 11.9. The Morgan fingerprint density at radius 3 is 2.53 bits per heavy atom. The van der Waals surface area contributed by atoms with Gasteiger partial charge in [-0.25, -0.2) is 0 Å². The number of carbonyl (C=O) groups excluding carboxylic acids is 1. The second kappa shape index (κ2) is 8.67. The number of aliphatic hydroxyl groups is 1. The zero-order valence-electron chi connectivity index (χ0n) is 11.8. The van der Waals surface area contributed by atoms with Crippen molar-refractivity contribution in [3.8, 4) is 0 Å². The number of hydrogen-bond donors (Lipinski definition) is 3. The molecular formula is C15H24N2O2. The lowest BCUT2D eigenvalue weighted by Gasteiger charge is -2.14. The molecule has 0 radical (unpaired) electrons. The van der Waals surface area contributed by atoms with Gasteiger partial charge in [-0.3, -0.25) is 4.79 Å². The monoisotopic (exact) mass is 264 g/mol. The smallest absolute Gasteiger partial charge is 0.241 e. The zero-order valence-corrected chi connectivity index (χ0v) is 11.8. The number of aliphatic hydroxyl groups excluding tert-OH is 1. The standard InChI is InChI=1S/C15H24N2O2/c1-12-6-8-14(9-7-12)17-15(19)13(2)16-10-4-3-5-11-18/h6-9,13,16,18H,3-5,10-11H2,1-2H3,(H,17,19). The van der Waals surface area contributed by atoms with Crippen LogP contribution in [0.3, 0.4) is 0 Å². The van der Waals surface area contributed by atoms with Gasteiger partial charge in [0.25, 0.3) is 0 Å². The van der Waals surface area contributed by atoms with Crippen LogP contribution in [0.15, 0.2) is 24.3 Å². The normalized spacial score (nSPS) is 12.2. The molecule has 1 rings (SSSR count). The van der Waals surface area contributed by atoms with Gasteiger partial charge in [-0.2, -0.15) is 0 Å². The number of rotatable bonds is 8. The number of hydrogen-bond acceptors (Lipinski definition) is 3. The Balaban J connectivity index is 2.26. The third-order valence-corrected chi connectivity index (χ3v) is 3.00. The molecule has 0 saturated heterocycles. The fourth-order valence-corrected chi connectivity index (χ4v) is 1.71. The fraction of sp³-hybridized carbons (Fsp3) is 0.533. The molecule has 0 spiro atoms. The molecular weight excluding hydrogens is 240 g/mol. The van der Waals surface area contributed by atoms with Crippen LogP contribution in [-0.2, 0) is 4.79 Å². The van der Waals surface area contributed by atoms with E-state index in [-0.39, 0.29) is 18.6 Å². The van der Waals surface area contributed by atoms with Gasteiger partial charge in [0.15, 0.2) is 0 Å². The molecule has 0 fully saturated rings. The lowest BCUT2D eigenvalue weighted by atomic mass is 10.2. The average molecular weight is 264 g/mol. The SMILES string of the molecule is Cc1ccc(NC(=O)C(C)NCCCCCO)cc1. The molecule has 106 valence electrons. The molecule has 0 heterocycles. The first-order chi connectivity index (χ1) is 9.13. The number of benzene rings is 1. The van der Waals surface area contributed by atoms with Crippen molar-refractivity contribution in [2.24, 2.45) is 0 Å². The number of unbranched alkanes of at least 4 members (excludes halogenated alkanes) is 2. The van der Waals surface area contributed by atoms with E-state index in [0.29, 0.717) is 0 Å². The first kappa shape index (κ1) is 15.7. The van der Waals surface area contributed by atoms with Gasteiger partial charge in [-0.15, -0.1) is 0 Å².